The Kier molecular flexibility index (Phi) is 2.80. The van der Waals surface area contributed by atoms with Crippen LogP contribution in [0, 0.1) is 0 Å². The van der Waals surface area contributed by atoms with Crippen molar-refractivity contribution < 1.29 is 10.0 Å². The van der Waals surface area contributed by atoms with Gasteiger partial charge in [-0.3, -0.25) is 4.98 Å². The smallest absolute Gasteiger partial charge is 0.424 e. The first kappa shape index (κ1) is 9.89. The van der Waals surface area contributed by atoms with Crippen LogP contribution in [-0.4, -0.2) is 22.2 Å². The standard InChI is InChI=1S/C11H10BNO2/c14-12(15)7-6-10-4-1-3-9-5-2-8-13-11(9)10/h1-8,14-15H/b7-6+. The molecule has 0 spiro atoms. The van der Waals surface area contributed by atoms with Gasteiger partial charge < -0.3 is 10.0 Å². The van der Waals surface area contributed by atoms with Gasteiger partial charge in [-0.15, -0.1) is 0 Å². The van der Waals surface area contributed by atoms with Crippen molar-refractivity contribution in [3.63, 3.8) is 0 Å². The van der Waals surface area contributed by atoms with E-state index in [-0.39, 0.29) is 0 Å². The van der Waals surface area contributed by atoms with Gasteiger partial charge in [-0.2, -0.15) is 0 Å². The highest BCUT2D eigenvalue weighted by Gasteiger charge is 2.01. The van der Waals surface area contributed by atoms with E-state index in [0.717, 1.165) is 16.5 Å². The number of pyridine rings is 1. The SMILES string of the molecule is OB(O)/C=C/c1cccc2cccnc12. The number of benzene rings is 1. The minimum absolute atomic E-state index is 0.858. The Hall–Kier alpha value is -1.65. The lowest BCUT2D eigenvalue weighted by Crippen LogP contribution is -2.05. The molecule has 0 unspecified atom stereocenters. The zero-order chi connectivity index (χ0) is 10.7. The monoisotopic (exact) mass is 199 g/mol. The topological polar surface area (TPSA) is 53.4 Å². The third kappa shape index (κ3) is 2.23. The predicted molar refractivity (Wildman–Crippen MR) is 61.0 cm³/mol. The molecule has 0 fully saturated rings. The Morgan fingerprint density at radius 3 is 2.73 bits per heavy atom. The number of rotatable bonds is 2. The van der Waals surface area contributed by atoms with Gasteiger partial charge in [0.25, 0.3) is 0 Å². The summed E-state index contributed by atoms with van der Waals surface area (Å²) in [6.45, 7) is 0. The minimum Gasteiger partial charge on any atom is -0.424 e. The van der Waals surface area contributed by atoms with E-state index in [2.05, 4.69) is 4.98 Å². The zero-order valence-corrected chi connectivity index (χ0v) is 8.04. The van der Waals surface area contributed by atoms with E-state index in [0.29, 0.717) is 0 Å². The molecule has 0 saturated carbocycles. The van der Waals surface area contributed by atoms with E-state index in [4.69, 9.17) is 10.0 Å². The molecule has 2 N–H and O–H groups in total. The minimum atomic E-state index is -1.43. The molecule has 0 saturated heterocycles. The van der Waals surface area contributed by atoms with E-state index in [1.165, 1.54) is 5.98 Å². The van der Waals surface area contributed by atoms with E-state index >= 15 is 0 Å². The van der Waals surface area contributed by atoms with Crippen molar-refractivity contribution in [2.75, 3.05) is 0 Å². The first-order chi connectivity index (χ1) is 7.27. The lowest BCUT2D eigenvalue weighted by molar-refractivity contribution is 0.424. The van der Waals surface area contributed by atoms with Crippen LogP contribution in [0.5, 0.6) is 0 Å². The average Bonchev–Trinajstić information content (AvgIpc) is 2.26. The number of hydrogen-bond acceptors (Lipinski definition) is 3. The summed E-state index contributed by atoms with van der Waals surface area (Å²) in [6, 6.07) is 9.60. The highest BCUT2D eigenvalue weighted by atomic mass is 16.4. The molecule has 1 aromatic carbocycles. The fourth-order valence-electron chi connectivity index (χ4n) is 1.45. The van der Waals surface area contributed by atoms with Crippen molar-refractivity contribution in [2.45, 2.75) is 0 Å². The molecule has 0 atom stereocenters. The van der Waals surface area contributed by atoms with Crippen molar-refractivity contribution in [1.29, 1.82) is 0 Å². The Morgan fingerprint density at radius 2 is 1.93 bits per heavy atom. The normalized spacial score (nSPS) is 11.1. The molecule has 1 aromatic heterocycles. The molecule has 0 aliphatic heterocycles. The van der Waals surface area contributed by atoms with Crippen molar-refractivity contribution in [1.82, 2.24) is 4.98 Å². The number of aromatic nitrogens is 1. The lowest BCUT2D eigenvalue weighted by atomic mass is 9.90. The van der Waals surface area contributed by atoms with Crippen LogP contribution >= 0.6 is 0 Å². The molecule has 0 aliphatic carbocycles. The Bertz CT molecular complexity index is 491. The second kappa shape index (κ2) is 4.25. The number of hydrogen-bond donors (Lipinski definition) is 2. The molecular weight excluding hydrogens is 189 g/mol. The van der Waals surface area contributed by atoms with Crippen LogP contribution in [-0.2, 0) is 0 Å². The first-order valence-electron chi connectivity index (χ1n) is 4.65. The Morgan fingerprint density at radius 1 is 1.13 bits per heavy atom. The van der Waals surface area contributed by atoms with E-state index in [1.807, 2.05) is 30.3 Å². The molecular formula is C11H10BNO2. The van der Waals surface area contributed by atoms with Crippen molar-refractivity contribution in [3.05, 3.63) is 48.1 Å². The van der Waals surface area contributed by atoms with Gasteiger partial charge in [0.05, 0.1) is 5.52 Å². The zero-order valence-electron chi connectivity index (χ0n) is 8.04. The molecule has 0 bridgehead atoms. The number of para-hydroxylation sites is 1. The molecule has 3 nitrogen and oxygen atoms in total. The predicted octanol–water partition coefficient (Wildman–Crippen LogP) is 1.26. The molecule has 1 heterocycles. The molecule has 15 heavy (non-hydrogen) atoms. The largest absolute Gasteiger partial charge is 0.480 e. The third-order valence-electron chi connectivity index (χ3n) is 2.11. The van der Waals surface area contributed by atoms with E-state index in [9.17, 15) is 0 Å². The summed E-state index contributed by atoms with van der Waals surface area (Å²) in [7, 11) is -1.43. The van der Waals surface area contributed by atoms with Crippen LogP contribution < -0.4 is 0 Å². The number of fused-ring (bicyclic) bond motifs is 1. The van der Waals surface area contributed by atoms with Gasteiger partial charge in [-0.1, -0.05) is 36.3 Å². The van der Waals surface area contributed by atoms with Gasteiger partial charge in [-0.25, -0.2) is 0 Å². The van der Waals surface area contributed by atoms with Crippen LogP contribution in [0.3, 0.4) is 0 Å². The van der Waals surface area contributed by atoms with Gasteiger partial charge in [0, 0.05) is 11.6 Å². The second-order valence-electron chi connectivity index (χ2n) is 3.20. The summed E-state index contributed by atoms with van der Waals surface area (Å²) in [5, 5.41) is 18.5. The average molecular weight is 199 g/mol. The summed E-state index contributed by atoms with van der Waals surface area (Å²) in [5.41, 5.74) is 1.73. The van der Waals surface area contributed by atoms with Gasteiger partial charge in [-0.05, 0) is 11.6 Å². The van der Waals surface area contributed by atoms with E-state index in [1.54, 1.807) is 12.3 Å². The highest BCUT2D eigenvalue weighted by Crippen LogP contribution is 2.16. The summed E-state index contributed by atoms with van der Waals surface area (Å²) in [6.07, 6.45) is 3.37. The molecule has 2 rings (SSSR count). The number of nitrogens with zero attached hydrogens (tertiary/aromatic N) is 1. The maximum Gasteiger partial charge on any atom is 0.480 e. The molecule has 74 valence electrons. The highest BCUT2D eigenvalue weighted by molar-refractivity contribution is 6.48. The van der Waals surface area contributed by atoms with Gasteiger partial charge >= 0.3 is 7.12 Å². The van der Waals surface area contributed by atoms with Crippen LogP contribution in [0.15, 0.2) is 42.5 Å². The fourth-order valence-corrected chi connectivity index (χ4v) is 1.45. The van der Waals surface area contributed by atoms with Crippen LogP contribution in [0.25, 0.3) is 17.0 Å². The molecule has 4 heteroatoms. The second-order valence-corrected chi connectivity index (χ2v) is 3.20. The van der Waals surface area contributed by atoms with Gasteiger partial charge in [0.1, 0.15) is 0 Å². The molecule has 0 radical (unpaired) electrons. The quantitative estimate of drug-likeness (QED) is 0.715. The van der Waals surface area contributed by atoms with Gasteiger partial charge in [0.2, 0.25) is 0 Å². The van der Waals surface area contributed by atoms with Crippen LogP contribution in [0.2, 0.25) is 0 Å². The van der Waals surface area contributed by atoms with Crippen LogP contribution in [0.1, 0.15) is 5.56 Å². The third-order valence-corrected chi connectivity index (χ3v) is 2.11. The Balaban J connectivity index is 2.51. The first-order valence-corrected chi connectivity index (χ1v) is 4.65. The summed E-state index contributed by atoms with van der Waals surface area (Å²) >= 11 is 0. The van der Waals surface area contributed by atoms with Gasteiger partial charge in [0.15, 0.2) is 0 Å². The fraction of sp³-hybridized carbons (Fsp3) is 0. The summed E-state index contributed by atoms with van der Waals surface area (Å²) in [5.74, 6) is 1.31. The summed E-state index contributed by atoms with van der Waals surface area (Å²) < 4.78 is 0. The van der Waals surface area contributed by atoms with Crippen LogP contribution in [0.4, 0.5) is 0 Å². The maximum absolute atomic E-state index is 8.73. The lowest BCUT2D eigenvalue weighted by Gasteiger charge is -2.00. The maximum atomic E-state index is 8.73. The van der Waals surface area contributed by atoms with Crippen molar-refractivity contribution in [3.8, 4) is 0 Å². The summed E-state index contributed by atoms with van der Waals surface area (Å²) in [4.78, 5) is 4.24. The van der Waals surface area contributed by atoms with E-state index < -0.39 is 7.12 Å². The van der Waals surface area contributed by atoms with Crippen molar-refractivity contribution >= 4 is 24.1 Å². The van der Waals surface area contributed by atoms with Crippen molar-refractivity contribution in [2.24, 2.45) is 0 Å². The molecule has 0 aliphatic rings. The molecule has 2 aromatic rings. The Labute approximate surface area is 87.9 Å². The molecule has 0 amide bonds.